The molecule has 0 N–H and O–H groups in total. The van der Waals surface area contributed by atoms with Crippen LogP contribution >= 0.6 is 79.6 Å². The Morgan fingerprint density at radius 3 is 0.683 bits per heavy atom. The van der Waals surface area contributed by atoms with Crippen LogP contribution in [0.5, 0.6) is 0 Å². The van der Waals surface area contributed by atoms with Crippen molar-refractivity contribution in [3.8, 4) is 0 Å². The molecule has 5 fully saturated rings. The van der Waals surface area contributed by atoms with E-state index in [2.05, 4.69) is 152 Å². The standard InChI is InChI=1S/C21H22BrF3N2O.2C20H21BrN2O2.2C20H23BrN2O/c1-15-2-5-17(19(12-15)21(23,24)25)14-26-8-10-27(11-9-26)20(28)13-16-3-6-18(22)7-4-16;2*1-15-2-6-17(7-3-15)20(25)23-12-10-22(11-13-23)19(24)14-16-4-8-18(21)9-5-16;2*1-16-2-4-18(5-3-16)15-22-10-12-23(13-11-22)20(24)14-17-6-8-19(21)9-7-17/h2-7,12H,8-11,13-14H2,1H3;2*2-9H,10-14H2,1H3;2*2-9H,10-15H2,1H3. The number of carbonyl (C=O) groups excluding carboxylic acids is 7. The van der Waals surface area contributed by atoms with E-state index in [1.165, 1.54) is 28.3 Å². The molecular formula is C101H110Br5F3N10O7. The fourth-order valence-corrected chi connectivity index (χ4v) is 16.5. The summed E-state index contributed by atoms with van der Waals surface area (Å²) >= 11 is 17.0. The second-order valence-electron chi connectivity index (χ2n) is 32.7. The second-order valence-corrected chi connectivity index (χ2v) is 37.3. The Bertz CT molecular complexity index is 4940. The van der Waals surface area contributed by atoms with Gasteiger partial charge in [-0.05, 0) is 170 Å². The SMILES string of the molecule is Cc1ccc(C(=O)N2CCN(C(=O)Cc3ccc(Br)cc3)CC2)cc1.Cc1ccc(C(=O)N2CCN(C(=O)Cc3ccc(Br)cc3)CC2)cc1.Cc1ccc(CN2CCN(C(=O)Cc3ccc(Br)cc3)CC2)c(C(F)(F)F)c1.Cc1ccc(CN2CCN(C(=O)Cc3ccc(Br)cc3)CC2)cc1.Cc1ccc(CN2CCN(C(=O)Cc3ccc(Br)cc3)CC2)cc1. The zero-order chi connectivity index (χ0) is 89.8. The smallest absolute Gasteiger partial charge is 0.340 e. The lowest BCUT2D eigenvalue weighted by molar-refractivity contribution is -0.138. The van der Waals surface area contributed by atoms with E-state index < -0.39 is 11.7 Å². The van der Waals surface area contributed by atoms with Crippen molar-refractivity contribution in [3.05, 3.63) is 348 Å². The molecule has 17 nitrogen and oxygen atoms in total. The molecule has 5 heterocycles. The minimum absolute atomic E-state index is 0.0417. The molecule has 0 saturated carbocycles. The first-order valence-corrected chi connectivity index (χ1v) is 46.7. The summed E-state index contributed by atoms with van der Waals surface area (Å²) in [5.41, 5.74) is 14.4. The number of benzene rings is 10. The molecule has 7 amide bonds. The van der Waals surface area contributed by atoms with Gasteiger partial charge in [0.2, 0.25) is 29.5 Å². The molecule has 0 unspecified atom stereocenters. The molecule has 0 aromatic heterocycles. The predicted molar refractivity (Wildman–Crippen MR) is 511 cm³/mol. The molecule has 126 heavy (non-hydrogen) atoms. The molecular weight excluding hydrogens is 1920 g/mol. The van der Waals surface area contributed by atoms with Crippen molar-refractivity contribution in [1.29, 1.82) is 0 Å². The Morgan fingerprint density at radius 1 is 0.246 bits per heavy atom. The third kappa shape index (κ3) is 31.2. The van der Waals surface area contributed by atoms with Gasteiger partial charge in [0.15, 0.2) is 0 Å². The molecule has 0 aliphatic carbocycles. The van der Waals surface area contributed by atoms with Gasteiger partial charge in [-0.15, -0.1) is 0 Å². The number of alkyl halides is 3. The van der Waals surface area contributed by atoms with Gasteiger partial charge in [-0.25, -0.2) is 0 Å². The van der Waals surface area contributed by atoms with Crippen LogP contribution < -0.4 is 0 Å². The van der Waals surface area contributed by atoms with E-state index in [4.69, 9.17) is 0 Å². The molecule has 10 aromatic carbocycles. The maximum atomic E-state index is 13.3. The number of nitrogens with zero attached hydrogens (tertiary/aromatic N) is 10. The Kier molecular flexibility index (Phi) is 37.1. The number of amides is 7. The summed E-state index contributed by atoms with van der Waals surface area (Å²) in [6.45, 7) is 26.0. The molecule has 662 valence electrons. The van der Waals surface area contributed by atoms with E-state index in [9.17, 15) is 46.7 Å². The van der Waals surface area contributed by atoms with Gasteiger partial charge in [0.25, 0.3) is 11.8 Å². The Balaban J connectivity index is 0.000000153. The molecule has 0 radical (unpaired) electrons. The van der Waals surface area contributed by atoms with Gasteiger partial charge in [-0.3, -0.25) is 48.3 Å². The highest BCUT2D eigenvalue weighted by Gasteiger charge is 2.35. The highest BCUT2D eigenvalue weighted by molar-refractivity contribution is 9.11. The Hall–Kier alpha value is -9.44. The number of hydrogen-bond donors (Lipinski definition) is 0. The van der Waals surface area contributed by atoms with E-state index in [1.54, 1.807) is 24.0 Å². The molecule has 25 heteroatoms. The lowest BCUT2D eigenvalue weighted by atomic mass is 10.0. The second kappa shape index (κ2) is 48.1. The number of carbonyl (C=O) groups is 7. The van der Waals surface area contributed by atoms with E-state index >= 15 is 0 Å². The highest BCUT2D eigenvalue weighted by Crippen LogP contribution is 2.34. The maximum Gasteiger partial charge on any atom is 0.416 e. The molecule has 5 aliphatic rings. The zero-order valence-corrected chi connectivity index (χ0v) is 80.1. The van der Waals surface area contributed by atoms with Crippen LogP contribution in [0, 0.1) is 34.6 Å². The summed E-state index contributed by atoms with van der Waals surface area (Å²) in [4.78, 5) is 107. The minimum Gasteiger partial charge on any atom is -0.340 e. The lowest BCUT2D eigenvalue weighted by Gasteiger charge is -2.35. The van der Waals surface area contributed by atoms with Gasteiger partial charge < -0.3 is 34.3 Å². The van der Waals surface area contributed by atoms with E-state index in [0.29, 0.717) is 127 Å². The predicted octanol–water partition coefficient (Wildman–Crippen LogP) is 18.5. The van der Waals surface area contributed by atoms with Gasteiger partial charge in [0.1, 0.15) is 0 Å². The van der Waals surface area contributed by atoms with Gasteiger partial charge in [-0.2, -0.15) is 13.2 Å². The minimum atomic E-state index is -4.36. The van der Waals surface area contributed by atoms with Crippen LogP contribution in [0.4, 0.5) is 13.2 Å². The summed E-state index contributed by atoms with van der Waals surface area (Å²) < 4.78 is 45.0. The quantitative estimate of drug-likeness (QED) is 0.0811. The average Bonchev–Trinajstić information content (AvgIpc) is 0.812. The van der Waals surface area contributed by atoms with Crippen molar-refractivity contribution in [2.24, 2.45) is 0 Å². The van der Waals surface area contributed by atoms with Crippen molar-refractivity contribution in [2.75, 3.05) is 131 Å². The molecule has 0 spiro atoms. The van der Waals surface area contributed by atoms with Crippen molar-refractivity contribution in [2.45, 2.75) is 92.5 Å². The largest absolute Gasteiger partial charge is 0.416 e. The van der Waals surface area contributed by atoms with Crippen LogP contribution in [0.1, 0.15) is 98.6 Å². The first-order chi connectivity index (χ1) is 60.5. The number of aryl methyl sites for hydroxylation is 5. The summed E-state index contributed by atoms with van der Waals surface area (Å²) in [6, 6.07) is 76.4. The third-order valence-corrected chi connectivity index (χ3v) is 25.6. The summed E-state index contributed by atoms with van der Waals surface area (Å²) in [6.07, 6.45) is -2.23. The van der Waals surface area contributed by atoms with E-state index in [1.807, 2.05) is 218 Å². The first-order valence-electron chi connectivity index (χ1n) is 42.8. The van der Waals surface area contributed by atoms with Gasteiger partial charge >= 0.3 is 6.18 Å². The van der Waals surface area contributed by atoms with Crippen LogP contribution in [0.2, 0.25) is 0 Å². The van der Waals surface area contributed by atoms with Crippen molar-refractivity contribution >= 4 is 121 Å². The Labute approximate surface area is 781 Å². The topological polar surface area (TPSA) is 152 Å². The molecule has 5 saturated heterocycles. The Morgan fingerprint density at radius 2 is 0.444 bits per heavy atom. The molecule has 5 aliphatic heterocycles. The molecule has 0 bridgehead atoms. The number of piperazine rings is 5. The summed E-state index contributed by atoms with van der Waals surface area (Å²) in [7, 11) is 0. The number of rotatable bonds is 18. The maximum absolute atomic E-state index is 13.3. The highest BCUT2D eigenvalue weighted by atomic mass is 79.9. The number of halogens is 8. The monoisotopic (exact) mass is 2030 g/mol. The third-order valence-electron chi connectivity index (χ3n) is 23.0. The van der Waals surface area contributed by atoms with Crippen molar-refractivity contribution in [1.82, 2.24) is 49.0 Å². The molecule has 10 aromatic rings. The summed E-state index contributed by atoms with van der Waals surface area (Å²) in [5, 5.41) is 0. The lowest BCUT2D eigenvalue weighted by Crippen LogP contribution is -2.51. The molecule has 15 rings (SSSR count). The van der Waals surface area contributed by atoms with Crippen LogP contribution in [0.3, 0.4) is 0 Å². The van der Waals surface area contributed by atoms with Gasteiger partial charge in [0, 0.05) is 184 Å². The molecule has 0 atom stereocenters. The van der Waals surface area contributed by atoms with Crippen LogP contribution in [0.15, 0.2) is 259 Å². The van der Waals surface area contributed by atoms with Crippen molar-refractivity contribution in [3.63, 3.8) is 0 Å². The van der Waals surface area contributed by atoms with Crippen LogP contribution in [0.25, 0.3) is 0 Å². The van der Waals surface area contributed by atoms with Gasteiger partial charge in [-0.1, -0.05) is 253 Å². The normalized spacial score (nSPS) is 15.1. The van der Waals surface area contributed by atoms with Crippen LogP contribution in [-0.4, -0.2) is 221 Å². The van der Waals surface area contributed by atoms with Crippen LogP contribution in [-0.2, 0) is 81.9 Å². The number of hydrogen-bond acceptors (Lipinski definition) is 10. The summed E-state index contributed by atoms with van der Waals surface area (Å²) in [5.74, 6) is 0.822. The fourth-order valence-electron chi connectivity index (χ4n) is 15.2. The van der Waals surface area contributed by atoms with Gasteiger partial charge in [0.05, 0.1) is 37.7 Å². The van der Waals surface area contributed by atoms with E-state index in [-0.39, 0.29) is 53.5 Å². The average molecular weight is 2030 g/mol. The zero-order valence-electron chi connectivity index (χ0n) is 72.2. The first kappa shape index (κ1) is 97.2. The fraction of sp³-hybridized carbons (Fsp3) is 0.337. The van der Waals surface area contributed by atoms with E-state index in [0.717, 1.165) is 127 Å². The van der Waals surface area contributed by atoms with Crippen molar-refractivity contribution < 1.29 is 46.7 Å².